The predicted octanol–water partition coefficient (Wildman–Crippen LogP) is 19.9. The van der Waals surface area contributed by atoms with Gasteiger partial charge in [0, 0.05) is 12.8 Å². The van der Waals surface area contributed by atoms with Crippen molar-refractivity contribution in [3.05, 3.63) is 85.1 Å². The zero-order chi connectivity index (χ0) is 57.6. The number of hydrogen-bond acceptors (Lipinski definition) is 7. The number of likely N-dealkylation sites (N-methyl/N-ethyl adjacent to an activating group) is 1. The second-order valence-corrected chi connectivity index (χ2v) is 23.0. The number of allylic oxidation sites excluding steroid dienone is 14. The van der Waals surface area contributed by atoms with Crippen LogP contribution in [-0.2, 0) is 33.3 Å². The lowest BCUT2D eigenvalue weighted by molar-refractivity contribution is -0.870. The summed E-state index contributed by atoms with van der Waals surface area (Å²) in [6.45, 7) is 4.70. The van der Waals surface area contributed by atoms with Gasteiger partial charge in [-0.3, -0.25) is 9.59 Å². The molecule has 0 rings (SSSR count). The number of carboxylic acids is 1. The standard InChI is InChI=1S/C70H123NO8/c1-6-8-10-12-14-16-18-20-22-24-26-27-28-29-30-31-32-33-34-35-36-37-38-39-40-41-43-44-46-48-50-52-54-56-58-60-67(72)77-64-66(65-78-70(69(74)75)76-63-62-71(3,4)5)79-68(73)61-59-57-55-53-51-49-47-45-42-25-23-21-19-17-15-13-11-9-7-2/h9,11,15,17,21,23-24,26,42,45,49,51,55,57,66,70H,6-8,10,12-14,16,18-20,22,25,27-41,43-44,46-48,50,52-54,56,58-65H2,1-5H3/p+1/b11-9-,17-15-,23-21-,26-24-,45-42-,51-49-,57-55-. The zero-order valence-corrected chi connectivity index (χ0v) is 52.0. The van der Waals surface area contributed by atoms with Gasteiger partial charge >= 0.3 is 17.9 Å². The Hall–Kier alpha value is -3.53. The van der Waals surface area contributed by atoms with Crippen molar-refractivity contribution in [2.45, 2.75) is 296 Å². The molecule has 0 aromatic heterocycles. The quantitative estimate of drug-likeness (QED) is 0.0211. The third-order valence-electron chi connectivity index (χ3n) is 14.1. The molecule has 0 heterocycles. The molecule has 79 heavy (non-hydrogen) atoms. The number of hydrogen-bond donors (Lipinski definition) is 1. The van der Waals surface area contributed by atoms with Crippen molar-refractivity contribution in [1.82, 2.24) is 0 Å². The number of aliphatic carboxylic acids is 1. The molecule has 0 aromatic rings. The van der Waals surface area contributed by atoms with Gasteiger partial charge in [0.15, 0.2) is 6.10 Å². The Balaban J connectivity index is 4.10. The van der Waals surface area contributed by atoms with Gasteiger partial charge in [-0.2, -0.15) is 0 Å². The van der Waals surface area contributed by atoms with Crippen molar-refractivity contribution in [3.8, 4) is 0 Å². The topological polar surface area (TPSA) is 108 Å². The van der Waals surface area contributed by atoms with Gasteiger partial charge in [-0.25, -0.2) is 4.79 Å². The van der Waals surface area contributed by atoms with E-state index in [2.05, 4.69) is 86.8 Å². The molecule has 0 saturated heterocycles. The van der Waals surface area contributed by atoms with E-state index in [4.69, 9.17) is 18.9 Å². The molecule has 0 bridgehead atoms. The van der Waals surface area contributed by atoms with Gasteiger partial charge in [0.1, 0.15) is 13.2 Å². The average Bonchev–Trinajstić information content (AvgIpc) is 3.42. The summed E-state index contributed by atoms with van der Waals surface area (Å²) in [5.41, 5.74) is 0. The van der Waals surface area contributed by atoms with E-state index in [0.29, 0.717) is 17.4 Å². The average molecular weight is 1110 g/mol. The summed E-state index contributed by atoms with van der Waals surface area (Å²) < 4.78 is 22.8. The van der Waals surface area contributed by atoms with Gasteiger partial charge in [-0.1, -0.05) is 279 Å². The number of quaternary nitrogens is 1. The Labute approximate surface area is 487 Å². The van der Waals surface area contributed by atoms with E-state index in [1.807, 2.05) is 33.3 Å². The maximum absolute atomic E-state index is 12.8. The van der Waals surface area contributed by atoms with E-state index in [-0.39, 0.29) is 38.6 Å². The monoisotopic (exact) mass is 1110 g/mol. The number of nitrogens with zero attached hydrogens (tertiary/aromatic N) is 1. The summed E-state index contributed by atoms with van der Waals surface area (Å²) in [6.07, 6.45) is 78.7. The highest BCUT2D eigenvalue weighted by Crippen LogP contribution is 2.17. The second-order valence-electron chi connectivity index (χ2n) is 23.0. The van der Waals surface area contributed by atoms with Gasteiger partial charge in [0.2, 0.25) is 0 Å². The van der Waals surface area contributed by atoms with Crippen LogP contribution in [0.15, 0.2) is 85.1 Å². The van der Waals surface area contributed by atoms with Crippen molar-refractivity contribution in [2.75, 3.05) is 47.5 Å². The number of carboxylic acid groups (broad SMARTS) is 1. The predicted molar refractivity (Wildman–Crippen MR) is 336 cm³/mol. The first kappa shape index (κ1) is 75.5. The first-order valence-electron chi connectivity index (χ1n) is 32.8. The number of carbonyl (C=O) groups excluding carboxylic acids is 2. The summed E-state index contributed by atoms with van der Waals surface area (Å²) in [7, 11) is 5.95. The summed E-state index contributed by atoms with van der Waals surface area (Å²) in [5.74, 6) is -2.11. The van der Waals surface area contributed by atoms with Gasteiger partial charge in [-0.05, 0) is 77.0 Å². The number of esters is 2. The number of carbonyl (C=O) groups is 3. The molecule has 0 aliphatic rings. The van der Waals surface area contributed by atoms with E-state index < -0.39 is 24.3 Å². The lowest BCUT2D eigenvalue weighted by Crippen LogP contribution is -2.40. The Morgan fingerprint density at radius 3 is 1.13 bits per heavy atom. The van der Waals surface area contributed by atoms with Crippen molar-refractivity contribution < 1.29 is 42.9 Å². The molecule has 0 radical (unpaired) electrons. The van der Waals surface area contributed by atoms with Crippen molar-refractivity contribution in [1.29, 1.82) is 0 Å². The molecule has 0 aliphatic carbocycles. The maximum atomic E-state index is 12.8. The lowest BCUT2D eigenvalue weighted by Gasteiger charge is -2.25. The molecule has 0 amide bonds. The highest BCUT2D eigenvalue weighted by Gasteiger charge is 2.25. The molecule has 0 aliphatic heterocycles. The third kappa shape index (κ3) is 61.9. The lowest BCUT2D eigenvalue weighted by atomic mass is 10.0. The van der Waals surface area contributed by atoms with Gasteiger partial charge in [-0.15, -0.1) is 0 Å². The minimum atomic E-state index is -1.53. The van der Waals surface area contributed by atoms with Crippen LogP contribution in [0.2, 0.25) is 0 Å². The molecule has 456 valence electrons. The normalized spacial score (nSPS) is 13.3. The van der Waals surface area contributed by atoms with Crippen LogP contribution in [-0.4, -0.2) is 87.4 Å². The summed E-state index contributed by atoms with van der Waals surface area (Å²) in [4.78, 5) is 37.4. The second kappa shape index (κ2) is 60.6. The van der Waals surface area contributed by atoms with Crippen LogP contribution in [0.5, 0.6) is 0 Å². The van der Waals surface area contributed by atoms with E-state index in [9.17, 15) is 19.5 Å². The molecular weight excluding hydrogens is 983 g/mol. The van der Waals surface area contributed by atoms with E-state index in [1.165, 1.54) is 193 Å². The summed E-state index contributed by atoms with van der Waals surface area (Å²) in [6, 6.07) is 0. The minimum absolute atomic E-state index is 0.133. The Kier molecular flexibility index (Phi) is 57.9. The van der Waals surface area contributed by atoms with Crippen molar-refractivity contribution >= 4 is 17.9 Å². The van der Waals surface area contributed by atoms with Crippen LogP contribution < -0.4 is 0 Å². The molecule has 2 atom stereocenters. The van der Waals surface area contributed by atoms with E-state index in [0.717, 1.165) is 57.8 Å². The van der Waals surface area contributed by atoms with Crippen LogP contribution >= 0.6 is 0 Å². The molecule has 2 unspecified atom stereocenters. The third-order valence-corrected chi connectivity index (χ3v) is 14.1. The fourth-order valence-electron chi connectivity index (χ4n) is 9.15. The molecular formula is C70H124NO8+. The SMILES string of the molecule is CC/C=C\C/C=C\C/C=C\C/C=C\C/C=C\C/C=C\CCC(=O)OC(COC(=O)CCCCCCCCCCCCCCCCCCCCCCCCC/C=C\CCCCCCCCCC)COC(OCC[N+](C)(C)C)C(=O)O. The number of ether oxygens (including phenoxy) is 4. The maximum Gasteiger partial charge on any atom is 0.361 e. The first-order valence-corrected chi connectivity index (χ1v) is 32.8. The Morgan fingerprint density at radius 1 is 0.392 bits per heavy atom. The van der Waals surface area contributed by atoms with Crippen LogP contribution in [0.1, 0.15) is 284 Å². The summed E-state index contributed by atoms with van der Waals surface area (Å²) in [5, 5.41) is 9.71. The van der Waals surface area contributed by atoms with E-state index >= 15 is 0 Å². The van der Waals surface area contributed by atoms with Gasteiger partial charge in [0.25, 0.3) is 6.29 Å². The molecule has 0 fully saturated rings. The molecule has 0 aromatic carbocycles. The molecule has 9 nitrogen and oxygen atoms in total. The number of unbranched alkanes of at least 4 members (excludes halogenated alkanes) is 31. The van der Waals surface area contributed by atoms with Crippen LogP contribution in [0.25, 0.3) is 0 Å². The fraction of sp³-hybridized carbons (Fsp3) is 0.757. The van der Waals surface area contributed by atoms with Crippen molar-refractivity contribution in [2.24, 2.45) is 0 Å². The largest absolute Gasteiger partial charge is 0.477 e. The molecule has 0 spiro atoms. The smallest absolute Gasteiger partial charge is 0.361 e. The molecule has 9 heteroatoms. The fourth-order valence-corrected chi connectivity index (χ4v) is 9.15. The van der Waals surface area contributed by atoms with Gasteiger partial charge in [0.05, 0.1) is 34.4 Å². The zero-order valence-electron chi connectivity index (χ0n) is 52.0. The van der Waals surface area contributed by atoms with Gasteiger partial charge < -0.3 is 28.5 Å². The van der Waals surface area contributed by atoms with Crippen LogP contribution in [0.3, 0.4) is 0 Å². The minimum Gasteiger partial charge on any atom is -0.477 e. The highest BCUT2D eigenvalue weighted by molar-refractivity contribution is 5.71. The van der Waals surface area contributed by atoms with Crippen LogP contribution in [0.4, 0.5) is 0 Å². The molecule has 0 saturated carbocycles. The molecule has 1 N–H and O–H groups in total. The Bertz CT molecular complexity index is 1570. The van der Waals surface area contributed by atoms with E-state index in [1.54, 1.807) is 0 Å². The number of rotatable bonds is 60. The highest BCUT2D eigenvalue weighted by atomic mass is 16.7. The Morgan fingerprint density at radius 2 is 0.747 bits per heavy atom. The first-order chi connectivity index (χ1) is 38.6. The van der Waals surface area contributed by atoms with Crippen molar-refractivity contribution in [3.63, 3.8) is 0 Å². The summed E-state index contributed by atoms with van der Waals surface area (Å²) >= 11 is 0. The van der Waals surface area contributed by atoms with Crippen LogP contribution in [0, 0.1) is 0 Å².